The summed E-state index contributed by atoms with van der Waals surface area (Å²) in [6.45, 7) is 0. The summed E-state index contributed by atoms with van der Waals surface area (Å²) in [5.41, 5.74) is 0. The predicted molar refractivity (Wildman–Crippen MR) is 72.6 cm³/mol. The van der Waals surface area contributed by atoms with Crippen LogP contribution in [0.2, 0.25) is 0 Å². The third-order valence-corrected chi connectivity index (χ3v) is 4.88. The number of hydrogen-bond acceptors (Lipinski definition) is 4. The van der Waals surface area contributed by atoms with Crippen molar-refractivity contribution in [3.05, 3.63) is 60.7 Å². The molecule has 0 fully saturated rings. The molecular weight excluding hydrogens is 287 g/mol. The number of benzene rings is 2. The molecule has 2 rings (SSSR count). The molecule has 0 aromatic heterocycles. The summed E-state index contributed by atoms with van der Waals surface area (Å²) < 4.78 is 42.1. The lowest BCUT2D eigenvalue weighted by molar-refractivity contribution is 0.385. The molecule has 2 aromatic carbocycles. The summed E-state index contributed by atoms with van der Waals surface area (Å²) in [5, 5.41) is 0.209. The number of para-hydroxylation sites is 1. The zero-order chi connectivity index (χ0) is 13.7. The van der Waals surface area contributed by atoms with E-state index in [2.05, 4.69) is 3.97 Å². The Kier molecular flexibility index (Phi) is 4.50. The zero-order valence-electron chi connectivity index (χ0n) is 9.71. The average molecular weight is 298 g/mol. The summed E-state index contributed by atoms with van der Waals surface area (Å²) >= 11 is -2.70. The van der Waals surface area contributed by atoms with E-state index in [0.29, 0.717) is 5.75 Å². The van der Waals surface area contributed by atoms with Gasteiger partial charge in [-0.2, -0.15) is 8.18 Å². The Labute approximate surface area is 113 Å². The molecule has 7 heteroatoms. The van der Waals surface area contributed by atoms with E-state index < -0.39 is 19.0 Å². The molecule has 0 aliphatic carbocycles. The average Bonchev–Trinajstić information content (AvgIpc) is 2.40. The molecule has 2 aromatic rings. The number of hydrogen-bond donors (Lipinski definition) is 1. The first-order valence-electron chi connectivity index (χ1n) is 5.31. The monoisotopic (exact) mass is 298 g/mol. The molecule has 5 nitrogen and oxygen atoms in total. The molecule has 1 N–H and O–H groups in total. The highest BCUT2D eigenvalue weighted by molar-refractivity contribution is 7.82. The minimum absolute atomic E-state index is 0.209. The van der Waals surface area contributed by atoms with Crippen LogP contribution in [-0.2, 0) is 19.9 Å². The van der Waals surface area contributed by atoms with Gasteiger partial charge in [-0.15, -0.1) is 0 Å². The van der Waals surface area contributed by atoms with Gasteiger partial charge in [0.1, 0.15) is 5.75 Å². The molecule has 0 amide bonds. The maximum atomic E-state index is 12.6. The van der Waals surface area contributed by atoms with Crippen molar-refractivity contribution in [2.45, 2.75) is 0 Å². The molecule has 0 saturated heterocycles. The first kappa shape index (κ1) is 14.0. The van der Waals surface area contributed by atoms with Crippen molar-refractivity contribution in [2.24, 2.45) is 0 Å². The first-order chi connectivity index (χ1) is 9.10. The van der Waals surface area contributed by atoms with Gasteiger partial charge in [0.05, 0.1) is 5.30 Å². The summed E-state index contributed by atoms with van der Waals surface area (Å²) in [7, 11) is -3.90. The van der Waals surface area contributed by atoms with Crippen molar-refractivity contribution in [1.29, 1.82) is 0 Å². The lowest BCUT2D eigenvalue weighted by Gasteiger charge is -2.16. The van der Waals surface area contributed by atoms with Crippen LogP contribution in [0.5, 0.6) is 5.75 Å². The van der Waals surface area contributed by atoms with Crippen LogP contribution in [0.3, 0.4) is 0 Å². The van der Waals surface area contributed by atoms with Crippen LogP contribution >= 0.6 is 7.60 Å². The Balaban J connectivity index is 2.36. The Morgan fingerprint density at radius 3 is 2.00 bits per heavy atom. The SMILES string of the molecule is O=S(O)OP(=O)(Oc1ccccc1)c1ccccc1. The minimum Gasteiger partial charge on any atom is -0.421 e. The van der Waals surface area contributed by atoms with Crippen molar-refractivity contribution in [3.8, 4) is 5.75 Å². The van der Waals surface area contributed by atoms with Gasteiger partial charge in [0, 0.05) is 0 Å². The summed E-state index contributed by atoms with van der Waals surface area (Å²) in [6.07, 6.45) is 0. The molecule has 0 bridgehead atoms. The molecule has 2 atom stereocenters. The fourth-order valence-corrected chi connectivity index (χ4v) is 3.61. The molecule has 0 saturated carbocycles. The molecule has 0 spiro atoms. The smallest absolute Gasteiger partial charge is 0.421 e. The van der Waals surface area contributed by atoms with E-state index in [1.807, 2.05) is 0 Å². The van der Waals surface area contributed by atoms with E-state index in [-0.39, 0.29) is 5.30 Å². The second-order valence-corrected chi connectivity index (χ2v) is 6.25. The number of rotatable bonds is 5. The highest BCUT2D eigenvalue weighted by Crippen LogP contribution is 2.47. The van der Waals surface area contributed by atoms with Crippen molar-refractivity contribution < 1.29 is 21.8 Å². The standard InChI is InChI=1S/C12H11O5PS/c13-18(17-19(14)15,12-9-5-2-6-10-12)16-11-7-3-1-4-8-11/h1-10H,(H,14,15). The van der Waals surface area contributed by atoms with Gasteiger partial charge in [-0.3, -0.25) is 4.55 Å². The highest BCUT2D eigenvalue weighted by Gasteiger charge is 2.32. The van der Waals surface area contributed by atoms with Crippen LogP contribution in [0.25, 0.3) is 0 Å². The predicted octanol–water partition coefficient (Wildman–Crippen LogP) is 2.74. The first-order valence-corrected chi connectivity index (χ1v) is 7.89. The summed E-state index contributed by atoms with van der Waals surface area (Å²) in [6, 6.07) is 16.4. The van der Waals surface area contributed by atoms with Gasteiger partial charge in [-0.1, -0.05) is 36.4 Å². The molecular formula is C12H11O5PS. The Morgan fingerprint density at radius 1 is 0.947 bits per heavy atom. The van der Waals surface area contributed by atoms with Crippen LogP contribution in [0.15, 0.2) is 60.7 Å². The second-order valence-electron chi connectivity index (χ2n) is 3.53. The molecule has 0 aliphatic heterocycles. The van der Waals surface area contributed by atoms with E-state index in [4.69, 9.17) is 9.08 Å². The largest absolute Gasteiger partial charge is 0.425 e. The van der Waals surface area contributed by atoms with E-state index >= 15 is 0 Å². The van der Waals surface area contributed by atoms with Crippen molar-refractivity contribution >= 4 is 24.3 Å². The fraction of sp³-hybridized carbons (Fsp3) is 0. The van der Waals surface area contributed by atoms with Crippen LogP contribution in [0.4, 0.5) is 0 Å². The topological polar surface area (TPSA) is 72.8 Å². The van der Waals surface area contributed by atoms with Gasteiger partial charge in [-0.05, 0) is 24.3 Å². The lowest BCUT2D eigenvalue weighted by atomic mass is 10.3. The van der Waals surface area contributed by atoms with E-state index in [1.165, 1.54) is 12.1 Å². The van der Waals surface area contributed by atoms with Crippen molar-refractivity contribution in [2.75, 3.05) is 0 Å². The van der Waals surface area contributed by atoms with Gasteiger partial charge < -0.3 is 4.52 Å². The van der Waals surface area contributed by atoms with Crippen molar-refractivity contribution in [3.63, 3.8) is 0 Å². The van der Waals surface area contributed by atoms with E-state index in [1.54, 1.807) is 48.5 Å². The van der Waals surface area contributed by atoms with Crippen LogP contribution in [0, 0.1) is 0 Å². The Morgan fingerprint density at radius 2 is 1.47 bits per heavy atom. The summed E-state index contributed by atoms with van der Waals surface area (Å²) in [5.74, 6) is 0.292. The maximum absolute atomic E-state index is 12.6. The second kappa shape index (κ2) is 6.12. The lowest BCUT2D eigenvalue weighted by Crippen LogP contribution is -2.13. The highest BCUT2D eigenvalue weighted by atomic mass is 32.2. The Hall–Kier alpha value is -1.46. The van der Waals surface area contributed by atoms with Gasteiger partial charge in [0.2, 0.25) is 0 Å². The molecule has 19 heavy (non-hydrogen) atoms. The van der Waals surface area contributed by atoms with Crippen molar-refractivity contribution in [1.82, 2.24) is 0 Å². The third-order valence-electron chi connectivity index (χ3n) is 2.20. The normalized spacial score (nSPS) is 15.4. The van der Waals surface area contributed by atoms with Crippen LogP contribution in [-0.4, -0.2) is 8.76 Å². The van der Waals surface area contributed by atoms with Gasteiger partial charge in [0.25, 0.3) is 0 Å². The third kappa shape index (κ3) is 3.75. The summed E-state index contributed by atoms with van der Waals surface area (Å²) in [4.78, 5) is 0. The van der Waals surface area contributed by atoms with E-state index in [9.17, 15) is 8.77 Å². The van der Waals surface area contributed by atoms with Gasteiger partial charge >= 0.3 is 19.0 Å². The fourth-order valence-electron chi connectivity index (χ4n) is 1.43. The van der Waals surface area contributed by atoms with Gasteiger partial charge in [0.15, 0.2) is 0 Å². The van der Waals surface area contributed by atoms with Crippen LogP contribution < -0.4 is 9.83 Å². The van der Waals surface area contributed by atoms with Gasteiger partial charge in [-0.25, -0.2) is 4.57 Å². The van der Waals surface area contributed by atoms with E-state index in [0.717, 1.165) is 0 Å². The molecule has 100 valence electrons. The van der Waals surface area contributed by atoms with Crippen LogP contribution in [0.1, 0.15) is 0 Å². The molecule has 0 radical (unpaired) electrons. The quantitative estimate of drug-likeness (QED) is 0.678. The molecule has 0 heterocycles. The minimum atomic E-state index is -3.90. The maximum Gasteiger partial charge on any atom is 0.425 e. The Bertz CT molecular complexity index is 602. The zero-order valence-corrected chi connectivity index (χ0v) is 11.4. The molecule has 2 unspecified atom stereocenters. The molecule has 0 aliphatic rings.